The second-order valence-corrected chi connectivity index (χ2v) is 5.12. The van der Waals surface area contributed by atoms with Gasteiger partial charge >= 0.3 is 0 Å². The molecule has 0 bridgehead atoms. The molecule has 0 aromatic heterocycles. The summed E-state index contributed by atoms with van der Waals surface area (Å²) in [5.41, 5.74) is 0. The first-order valence-corrected chi connectivity index (χ1v) is 6.68. The minimum Gasteiger partial charge on any atom is -0.357 e. The molecule has 0 spiro atoms. The highest BCUT2D eigenvalue weighted by molar-refractivity contribution is 5.82. The van der Waals surface area contributed by atoms with Crippen LogP contribution in [0.25, 0.3) is 0 Å². The molecule has 15 heavy (non-hydrogen) atoms. The minimum absolute atomic E-state index is 0.595. The third-order valence-corrected chi connectivity index (χ3v) is 4.15. The lowest BCUT2D eigenvalue weighted by Crippen LogP contribution is -2.45. The van der Waals surface area contributed by atoms with Crippen LogP contribution >= 0.6 is 0 Å². The molecule has 2 heteroatoms. The summed E-state index contributed by atoms with van der Waals surface area (Å²) in [6.07, 6.45) is 10.4. The molecule has 1 heterocycles. The second-order valence-electron chi connectivity index (χ2n) is 5.12. The van der Waals surface area contributed by atoms with Crippen molar-refractivity contribution >= 4 is 5.84 Å². The van der Waals surface area contributed by atoms with E-state index in [1.54, 1.807) is 0 Å². The fourth-order valence-electron chi connectivity index (χ4n) is 3.18. The van der Waals surface area contributed by atoms with Crippen molar-refractivity contribution in [3.63, 3.8) is 0 Å². The summed E-state index contributed by atoms with van der Waals surface area (Å²) in [4.78, 5) is 2.42. The molecule has 0 aromatic carbocycles. The summed E-state index contributed by atoms with van der Waals surface area (Å²) in [7, 11) is 0. The van der Waals surface area contributed by atoms with Crippen molar-refractivity contribution in [2.75, 3.05) is 6.54 Å². The number of nitrogens with zero attached hydrogens (tertiary/aromatic N) is 1. The van der Waals surface area contributed by atoms with Crippen LogP contribution in [0, 0.1) is 11.3 Å². The van der Waals surface area contributed by atoms with E-state index < -0.39 is 0 Å². The molecule has 0 aromatic rings. The lowest BCUT2D eigenvalue weighted by atomic mass is 9.96. The Morgan fingerprint density at radius 2 is 1.80 bits per heavy atom. The fraction of sp³-hybridized carbons (Fsp3) is 0.923. The molecule has 1 atom stereocenters. The Labute approximate surface area is 93.6 Å². The molecule has 1 N–H and O–H groups in total. The monoisotopic (exact) mass is 208 g/mol. The van der Waals surface area contributed by atoms with E-state index in [0.717, 1.165) is 12.4 Å². The van der Waals surface area contributed by atoms with Gasteiger partial charge < -0.3 is 4.90 Å². The Hall–Kier alpha value is -0.530. The van der Waals surface area contributed by atoms with Gasteiger partial charge in [0.15, 0.2) is 0 Å². The summed E-state index contributed by atoms with van der Waals surface area (Å²) in [5, 5.41) is 8.34. The minimum atomic E-state index is 0.595. The molecule has 1 aliphatic carbocycles. The molecule has 2 nitrogen and oxygen atoms in total. The van der Waals surface area contributed by atoms with E-state index in [2.05, 4.69) is 11.8 Å². The van der Waals surface area contributed by atoms with Crippen LogP contribution in [-0.2, 0) is 0 Å². The van der Waals surface area contributed by atoms with Gasteiger partial charge in [0.1, 0.15) is 0 Å². The third-order valence-electron chi connectivity index (χ3n) is 4.15. The van der Waals surface area contributed by atoms with Crippen molar-refractivity contribution in [3.05, 3.63) is 0 Å². The lowest BCUT2D eigenvalue weighted by Gasteiger charge is -2.39. The highest BCUT2D eigenvalue weighted by Crippen LogP contribution is 2.30. The summed E-state index contributed by atoms with van der Waals surface area (Å²) in [6.45, 7) is 3.42. The van der Waals surface area contributed by atoms with Gasteiger partial charge in [-0.3, -0.25) is 5.41 Å². The van der Waals surface area contributed by atoms with Crippen LogP contribution in [0.15, 0.2) is 0 Å². The van der Waals surface area contributed by atoms with E-state index in [1.165, 1.54) is 51.4 Å². The molecule has 1 aliphatic heterocycles. The highest BCUT2D eigenvalue weighted by Gasteiger charge is 2.29. The van der Waals surface area contributed by atoms with Gasteiger partial charge in [0.25, 0.3) is 0 Å². The van der Waals surface area contributed by atoms with E-state index >= 15 is 0 Å². The Balaban J connectivity index is 1.96. The highest BCUT2D eigenvalue weighted by atomic mass is 15.2. The van der Waals surface area contributed by atoms with Crippen molar-refractivity contribution < 1.29 is 0 Å². The first-order valence-electron chi connectivity index (χ1n) is 6.68. The number of amidine groups is 1. The molecule has 2 aliphatic rings. The van der Waals surface area contributed by atoms with Crippen molar-refractivity contribution in [1.29, 1.82) is 5.41 Å². The number of likely N-dealkylation sites (tertiary alicyclic amines) is 1. The van der Waals surface area contributed by atoms with Gasteiger partial charge in [-0.05, 0) is 38.5 Å². The molecule has 1 unspecified atom stereocenters. The molecule has 2 rings (SSSR count). The zero-order valence-electron chi connectivity index (χ0n) is 9.97. The standard InChI is InChI=1S/C13H24N2/c1-2-12-9-5-6-10-15(12)13(14)11-7-3-4-8-11/h11-12,14H,2-10H2,1H3. The first-order chi connectivity index (χ1) is 7.33. The average Bonchev–Trinajstić information content (AvgIpc) is 2.81. The van der Waals surface area contributed by atoms with E-state index in [1.807, 2.05) is 0 Å². The summed E-state index contributed by atoms with van der Waals surface area (Å²) in [5.74, 6) is 1.57. The summed E-state index contributed by atoms with van der Waals surface area (Å²) >= 11 is 0. The van der Waals surface area contributed by atoms with Gasteiger partial charge in [-0.1, -0.05) is 19.8 Å². The number of hydrogen-bond acceptors (Lipinski definition) is 1. The quantitative estimate of drug-likeness (QED) is 0.546. The Kier molecular flexibility index (Phi) is 3.66. The maximum absolute atomic E-state index is 8.34. The molecule has 1 saturated carbocycles. The Morgan fingerprint density at radius 3 is 2.47 bits per heavy atom. The summed E-state index contributed by atoms with van der Waals surface area (Å²) < 4.78 is 0. The van der Waals surface area contributed by atoms with Gasteiger partial charge in [0.05, 0.1) is 5.84 Å². The van der Waals surface area contributed by atoms with E-state index in [-0.39, 0.29) is 0 Å². The zero-order chi connectivity index (χ0) is 10.7. The molecule has 2 fully saturated rings. The van der Waals surface area contributed by atoms with Crippen LogP contribution in [-0.4, -0.2) is 23.3 Å². The van der Waals surface area contributed by atoms with Crippen LogP contribution in [0.3, 0.4) is 0 Å². The maximum atomic E-state index is 8.34. The predicted octanol–water partition coefficient (Wildman–Crippen LogP) is 3.42. The van der Waals surface area contributed by atoms with Crippen LogP contribution < -0.4 is 0 Å². The molecule has 86 valence electrons. The molecular formula is C13H24N2. The number of hydrogen-bond donors (Lipinski definition) is 1. The van der Waals surface area contributed by atoms with Crippen LogP contribution in [0.1, 0.15) is 58.3 Å². The lowest BCUT2D eigenvalue weighted by molar-refractivity contribution is 0.224. The van der Waals surface area contributed by atoms with E-state index in [4.69, 9.17) is 5.41 Å². The van der Waals surface area contributed by atoms with Crippen molar-refractivity contribution in [1.82, 2.24) is 4.90 Å². The third kappa shape index (κ3) is 2.35. The van der Waals surface area contributed by atoms with Crippen LogP contribution in [0.4, 0.5) is 0 Å². The predicted molar refractivity (Wildman–Crippen MR) is 64.3 cm³/mol. The van der Waals surface area contributed by atoms with Gasteiger partial charge in [-0.2, -0.15) is 0 Å². The van der Waals surface area contributed by atoms with Crippen molar-refractivity contribution in [2.45, 2.75) is 64.3 Å². The van der Waals surface area contributed by atoms with Gasteiger partial charge in [0.2, 0.25) is 0 Å². The average molecular weight is 208 g/mol. The first kappa shape index (κ1) is 11.0. The molecule has 1 saturated heterocycles. The van der Waals surface area contributed by atoms with Gasteiger partial charge in [-0.15, -0.1) is 0 Å². The van der Waals surface area contributed by atoms with Gasteiger partial charge in [0, 0.05) is 18.5 Å². The number of nitrogens with one attached hydrogen (secondary N) is 1. The molecule has 0 radical (unpaired) electrons. The van der Waals surface area contributed by atoms with Crippen LogP contribution in [0.5, 0.6) is 0 Å². The number of rotatable bonds is 2. The fourth-order valence-corrected chi connectivity index (χ4v) is 3.18. The zero-order valence-corrected chi connectivity index (χ0v) is 9.97. The molecule has 0 amide bonds. The second kappa shape index (κ2) is 5.00. The van der Waals surface area contributed by atoms with Crippen molar-refractivity contribution in [2.24, 2.45) is 5.92 Å². The number of piperidine rings is 1. The Morgan fingerprint density at radius 1 is 1.13 bits per heavy atom. The summed E-state index contributed by atoms with van der Waals surface area (Å²) in [6, 6.07) is 0.673. The largest absolute Gasteiger partial charge is 0.357 e. The normalized spacial score (nSPS) is 28.3. The maximum Gasteiger partial charge on any atom is 0.0991 e. The topological polar surface area (TPSA) is 27.1 Å². The van der Waals surface area contributed by atoms with Gasteiger partial charge in [-0.25, -0.2) is 0 Å². The Bertz CT molecular complexity index is 219. The van der Waals surface area contributed by atoms with E-state index in [9.17, 15) is 0 Å². The SMILES string of the molecule is CCC1CCCCN1C(=N)C1CCCC1. The smallest absolute Gasteiger partial charge is 0.0991 e. The van der Waals surface area contributed by atoms with E-state index in [0.29, 0.717) is 12.0 Å². The molecular weight excluding hydrogens is 184 g/mol. The van der Waals surface area contributed by atoms with Crippen molar-refractivity contribution in [3.8, 4) is 0 Å². The van der Waals surface area contributed by atoms with Crippen LogP contribution in [0.2, 0.25) is 0 Å².